The van der Waals surface area contributed by atoms with Crippen molar-refractivity contribution in [2.45, 2.75) is 25.7 Å². The molecule has 1 aromatic rings. The summed E-state index contributed by atoms with van der Waals surface area (Å²) >= 11 is 0. The first kappa shape index (κ1) is 11.9. The number of hydrogen-bond acceptors (Lipinski definition) is 2. The Morgan fingerprint density at radius 3 is 2.29 bits per heavy atom. The van der Waals surface area contributed by atoms with Crippen LogP contribution in [0, 0.1) is 0 Å². The lowest BCUT2D eigenvalue weighted by molar-refractivity contribution is 0.190. The van der Waals surface area contributed by atoms with Crippen LogP contribution < -0.4 is 10.7 Å². The SMILES string of the molecule is O=C(Nc1ccccc1)NN1CCCCCC1. The molecule has 0 spiro atoms. The van der Waals surface area contributed by atoms with Crippen molar-refractivity contribution in [2.75, 3.05) is 18.4 Å². The first-order valence-corrected chi connectivity index (χ1v) is 6.22. The number of nitrogens with zero attached hydrogens (tertiary/aromatic N) is 1. The fraction of sp³-hybridized carbons (Fsp3) is 0.462. The number of hydrazine groups is 1. The van der Waals surface area contributed by atoms with E-state index >= 15 is 0 Å². The molecule has 1 heterocycles. The van der Waals surface area contributed by atoms with Crippen molar-refractivity contribution in [2.24, 2.45) is 0 Å². The monoisotopic (exact) mass is 233 g/mol. The van der Waals surface area contributed by atoms with E-state index in [1.165, 1.54) is 12.8 Å². The van der Waals surface area contributed by atoms with Crippen LogP contribution in [0.2, 0.25) is 0 Å². The first-order chi connectivity index (χ1) is 8.34. The van der Waals surface area contributed by atoms with Crippen molar-refractivity contribution >= 4 is 11.7 Å². The molecule has 92 valence electrons. The number of carbonyl (C=O) groups is 1. The van der Waals surface area contributed by atoms with Crippen LogP contribution in [0.1, 0.15) is 25.7 Å². The van der Waals surface area contributed by atoms with E-state index in [-0.39, 0.29) is 6.03 Å². The lowest BCUT2D eigenvalue weighted by Gasteiger charge is -2.20. The number of para-hydroxylation sites is 1. The third-order valence-electron chi connectivity index (χ3n) is 2.90. The van der Waals surface area contributed by atoms with Gasteiger partial charge in [-0.2, -0.15) is 0 Å². The summed E-state index contributed by atoms with van der Waals surface area (Å²) in [6.45, 7) is 1.89. The van der Waals surface area contributed by atoms with Crippen LogP contribution in [-0.4, -0.2) is 24.1 Å². The Morgan fingerprint density at radius 1 is 1.00 bits per heavy atom. The predicted octanol–water partition coefficient (Wildman–Crippen LogP) is 2.60. The highest BCUT2D eigenvalue weighted by atomic mass is 16.2. The van der Waals surface area contributed by atoms with Crippen LogP contribution in [0.3, 0.4) is 0 Å². The van der Waals surface area contributed by atoms with Gasteiger partial charge in [0.1, 0.15) is 0 Å². The number of amides is 2. The van der Waals surface area contributed by atoms with Gasteiger partial charge in [-0.1, -0.05) is 31.0 Å². The van der Waals surface area contributed by atoms with E-state index in [2.05, 4.69) is 10.7 Å². The average molecular weight is 233 g/mol. The molecular formula is C13H19N3O. The van der Waals surface area contributed by atoms with Crippen molar-refractivity contribution in [3.05, 3.63) is 30.3 Å². The number of benzene rings is 1. The van der Waals surface area contributed by atoms with Crippen LogP contribution >= 0.6 is 0 Å². The maximum Gasteiger partial charge on any atom is 0.333 e. The van der Waals surface area contributed by atoms with Crippen molar-refractivity contribution in [1.29, 1.82) is 0 Å². The second kappa shape index (κ2) is 6.25. The maximum atomic E-state index is 11.7. The van der Waals surface area contributed by atoms with Gasteiger partial charge < -0.3 is 5.32 Å². The minimum absolute atomic E-state index is 0.155. The zero-order valence-electron chi connectivity index (χ0n) is 9.98. The standard InChI is InChI=1S/C13H19N3O/c17-13(14-12-8-4-3-5-9-12)15-16-10-6-1-2-7-11-16/h3-5,8-9H,1-2,6-7,10-11H2,(H2,14,15,17). The molecule has 0 radical (unpaired) electrons. The van der Waals surface area contributed by atoms with Gasteiger partial charge in [0.25, 0.3) is 0 Å². The van der Waals surface area contributed by atoms with E-state index < -0.39 is 0 Å². The molecular weight excluding hydrogens is 214 g/mol. The molecule has 0 atom stereocenters. The van der Waals surface area contributed by atoms with E-state index in [1.54, 1.807) is 0 Å². The number of rotatable bonds is 2. The highest BCUT2D eigenvalue weighted by molar-refractivity contribution is 5.88. The van der Waals surface area contributed by atoms with Crippen molar-refractivity contribution in [3.63, 3.8) is 0 Å². The number of hydrogen-bond donors (Lipinski definition) is 2. The summed E-state index contributed by atoms with van der Waals surface area (Å²) in [7, 11) is 0. The molecule has 0 bridgehead atoms. The van der Waals surface area contributed by atoms with E-state index in [0.717, 1.165) is 31.6 Å². The summed E-state index contributed by atoms with van der Waals surface area (Å²) in [5.74, 6) is 0. The van der Waals surface area contributed by atoms with Crippen LogP contribution in [0.25, 0.3) is 0 Å². The molecule has 2 rings (SSSR count). The summed E-state index contributed by atoms with van der Waals surface area (Å²) in [5, 5.41) is 4.82. The van der Waals surface area contributed by atoms with Crippen molar-refractivity contribution < 1.29 is 4.79 Å². The van der Waals surface area contributed by atoms with E-state index in [4.69, 9.17) is 0 Å². The summed E-state index contributed by atoms with van der Waals surface area (Å²) < 4.78 is 0. The van der Waals surface area contributed by atoms with Gasteiger partial charge in [0.2, 0.25) is 0 Å². The molecule has 1 fully saturated rings. The van der Waals surface area contributed by atoms with Crippen LogP contribution in [-0.2, 0) is 0 Å². The normalized spacial score (nSPS) is 17.2. The molecule has 1 saturated heterocycles. The second-order valence-electron chi connectivity index (χ2n) is 4.33. The smallest absolute Gasteiger partial charge is 0.307 e. The third kappa shape index (κ3) is 4.07. The van der Waals surface area contributed by atoms with Gasteiger partial charge in [-0.25, -0.2) is 9.80 Å². The van der Waals surface area contributed by atoms with Crippen molar-refractivity contribution in [1.82, 2.24) is 10.4 Å². The minimum Gasteiger partial charge on any atom is -0.307 e. The van der Waals surface area contributed by atoms with Gasteiger partial charge in [0, 0.05) is 18.8 Å². The number of urea groups is 1. The molecule has 2 N–H and O–H groups in total. The van der Waals surface area contributed by atoms with Gasteiger partial charge >= 0.3 is 6.03 Å². The Bertz CT molecular complexity index is 345. The van der Waals surface area contributed by atoms with Gasteiger partial charge in [-0.05, 0) is 25.0 Å². The predicted molar refractivity (Wildman–Crippen MR) is 68.6 cm³/mol. The zero-order valence-corrected chi connectivity index (χ0v) is 9.98. The van der Waals surface area contributed by atoms with Gasteiger partial charge in [0.05, 0.1) is 0 Å². The quantitative estimate of drug-likeness (QED) is 0.824. The molecule has 1 aliphatic rings. The Hall–Kier alpha value is -1.55. The van der Waals surface area contributed by atoms with Gasteiger partial charge in [-0.15, -0.1) is 0 Å². The molecule has 17 heavy (non-hydrogen) atoms. The number of carbonyl (C=O) groups excluding carboxylic acids is 1. The average Bonchev–Trinajstić information content (AvgIpc) is 2.59. The molecule has 0 aromatic heterocycles. The molecule has 4 nitrogen and oxygen atoms in total. The number of nitrogens with one attached hydrogen (secondary N) is 2. The fourth-order valence-corrected chi connectivity index (χ4v) is 2.01. The Balaban J connectivity index is 1.80. The van der Waals surface area contributed by atoms with Crippen LogP contribution in [0.15, 0.2) is 30.3 Å². The number of anilines is 1. The summed E-state index contributed by atoms with van der Waals surface area (Å²) in [6, 6.07) is 9.34. The minimum atomic E-state index is -0.155. The molecule has 2 amide bonds. The largest absolute Gasteiger partial charge is 0.333 e. The van der Waals surface area contributed by atoms with E-state index in [0.29, 0.717) is 0 Å². The van der Waals surface area contributed by atoms with E-state index in [1.807, 2.05) is 35.3 Å². The van der Waals surface area contributed by atoms with Crippen LogP contribution in [0.4, 0.5) is 10.5 Å². The highest BCUT2D eigenvalue weighted by Crippen LogP contribution is 2.08. The maximum absolute atomic E-state index is 11.7. The second-order valence-corrected chi connectivity index (χ2v) is 4.33. The Morgan fingerprint density at radius 2 is 1.65 bits per heavy atom. The molecule has 0 aliphatic carbocycles. The van der Waals surface area contributed by atoms with Gasteiger partial charge in [-0.3, -0.25) is 5.43 Å². The summed E-state index contributed by atoms with van der Waals surface area (Å²) in [4.78, 5) is 11.7. The lowest BCUT2D eigenvalue weighted by Crippen LogP contribution is -2.44. The highest BCUT2D eigenvalue weighted by Gasteiger charge is 2.11. The van der Waals surface area contributed by atoms with Crippen LogP contribution in [0.5, 0.6) is 0 Å². The molecule has 1 aliphatic heterocycles. The summed E-state index contributed by atoms with van der Waals surface area (Å²) in [5.41, 5.74) is 3.71. The zero-order chi connectivity index (χ0) is 11.9. The molecule has 0 unspecified atom stereocenters. The molecule has 0 saturated carbocycles. The fourth-order valence-electron chi connectivity index (χ4n) is 2.01. The first-order valence-electron chi connectivity index (χ1n) is 6.22. The summed E-state index contributed by atoms with van der Waals surface area (Å²) in [6.07, 6.45) is 4.84. The molecule has 4 heteroatoms. The topological polar surface area (TPSA) is 44.4 Å². The van der Waals surface area contributed by atoms with Gasteiger partial charge in [0.15, 0.2) is 0 Å². The third-order valence-corrected chi connectivity index (χ3v) is 2.90. The molecule has 1 aromatic carbocycles. The van der Waals surface area contributed by atoms with E-state index in [9.17, 15) is 4.79 Å². The van der Waals surface area contributed by atoms with Crippen molar-refractivity contribution in [3.8, 4) is 0 Å². The Kier molecular flexibility index (Phi) is 4.38. The lowest BCUT2D eigenvalue weighted by atomic mass is 10.2. The Labute approximate surface area is 102 Å².